The number of hydrogen-bond acceptors (Lipinski definition) is 3. The van der Waals surface area contributed by atoms with Gasteiger partial charge in [0.1, 0.15) is 0 Å². The number of aryl methyl sites for hydroxylation is 1. The highest BCUT2D eigenvalue weighted by Crippen LogP contribution is 2.33. The van der Waals surface area contributed by atoms with Crippen molar-refractivity contribution in [2.45, 2.75) is 12.5 Å². The van der Waals surface area contributed by atoms with Gasteiger partial charge in [-0.05, 0) is 13.0 Å². The zero-order valence-corrected chi connectivity index (χ0v) is 7.81. The van der Waals surface area contributed by atoms with Gasteiger partial charge < -0.3 is 10.5 Å². The number of hydrogen-bond donors (Lipinski definition) is 1. The molecule has 2 N–H and O–H groups in total. The summed E-state index contributed by atoms with van der Waals surface area (Å²) in [7, 11) is 1.91. The standard InChI is InChI=1S/C9H15N3O/c1-12-6-8(5-11-12)9-7(4-10)2-3-13-9/h5-7,9H,2-4,10H2,1H3/t7-,9+/m1/s1. The summed E-state index contributed by atoms with van der Waals surface area (Å²) in [6, 6.07) is 0. The second-order valence-electron chi connectivity index (χ2n) is 3.52. The van der Waals surface area contributed by atoms with Crippen molar-refractivity contribution in [3.05, 3.63) is 18.0 Å². The van der Waals surface area contributed by atoms with E-state index >= 15 is 0 Å². The van der Waals surface area contributed by atoms with Crippen LogP contribution in [0, 0.1) is 5.92 Å². The van der Waals surface area contributed by atoms with Gasteiger partial charge in [-0.25, -0.2) is 0 Å². The van der Waals surface area contributed by atoms with E-state index in [9.17, 15) is 0 Å². The quantitative estimate of drug-likeness (QED) is 0.721. The van der Waals surface area contributed by atoms with E-state index in [-0.39, 0.29) is 6.10 Å². The maximum absolute atomic E-state index is 5.66. The first-order chi connectivity index (χ1) is 6.31. The maximum Gasteiger partial charge on any atom is 0.0896 e. The van der Waals surface area contributed by atoms with E-state index in [0.717, 1.165) is 18.6 Å². The van der Waals surface area contributed by atoms with Crippen molar-refractivity contribution in [2.75, 3.05) is 13.2 Å². The van der Waals surface area contributed by atoms with Crippen molar-refractivity contribution in [3.63, 3.8) is 0 Å². The molecule has 0 aliphatic carbocycles. The summed E-state index contributed by atoms with van der Waals surface area (Å²) in [5.41, 5.74) is 6.81. The zero-order valence-electron chi connectivity index (χ0n) is 7.81. The van der Waals surface area contributed by atoms with Crippen molar-refractivity contribution in [2.24, 2.45) is 18.7 Å². The number of rotatable bonds is 2. The van der Waals surface area contributed by atoms with E-state index in [1.807, 2.05) is 19.4 Å². The van der Waals surface area contributed by atoms with Crippen molar-refractivity contribution in [3.8, 4) is 0 Å². The van der Waals surface area contributed by atoms with Crippen molar-refractivity contribution >= 4 is 0 Å². The minimum atomic E-state index is 0.165. The molecule has 13 heavy (non-hydrogen) atoms. The first-order valence-electron chi connectivity index (χ1n) is 4.61. The van der Waals surface area contributed by atoms with Crippen LogP contribution in [0.5, 0.6) is 0 Å². The molecule has 0 spiro atoms. The van der Waals surface area contributed by atoms with Gasteiger partial charge in [0.15, 0.2) is 0 Å². The third kappa shape index (κ3) is 1.59. The Morgan fingerprint density at radius 2 is 2.62 bits per heavy atom. The van der Waals surface area contributed by atoms with Gasteiger partial charge in [0.05, 0.1) is 12.3 Å². The molecule has 0 bridgehead atoms. The van der Waals surface area contributed by atoms with Crippen molar-refractivity contribution < 1.29 is 4.74 Å². The summed E-state index contributed by atoms with van der Waals surface area (Å²) in [4.78, 5) is 0. The lowest BCUT2D eigenvalue weighted by atomic mass is 9.98. The molecule has 2 atom stereocenters. The Labute approximate surface area is 77.7 Å². The second-order valence-corrected chi connectivity index (χ2v) is 3.52. The van der Waals surface area contributed by atoms with Crippen LogP contribution in [0.25, 0.3) is 0 Å². The molecule has 1 aliphatic rings. The van der Waals surface area contributed by atoms with Gasteiger partial charge in [0, 0.05) is 31.3 Å². The van der Waals surface area contributed by atoms with Crippen LogP contribution in [-0.2, 0) is 11.8 Å². The molecule has 4 heteroatoms. The fourth-order valence-electron chi connectivity index (χ4n) is 1.83. The zero-order chi connectivity index (χ0) is 9.26. The topological polar surface area (TPSA) is 53.1 Å². The first kappa shape index (κ1) is 8.72. The van der Waals surface area contributed by atoms with E-state index in [4.69, 9.17) is 10.5 Å². The van der Waals surface area contributed by atoms with E-state index in [0.29, 0.717) is 12.5 Å². The van der Waals surface area contributed by atoms with E-state index < -0.39 is 0 Å². The Morgan fingerprint density at radius 3 is 3.23 bits per heavy atom. The smallest absolute Gasteiger partial charge is 0.0896 e. The van der Waals surface area contributed by atoms with Gasteiger partial charge in [-0.15, -0.1) is 0 Å². The molecule has 72 valence electrons. The molecule has 1 saturated heterocycles. The molecule has 1 fully saturated rings. The SMILES string of the molecule is Cn1cc([C@H]2OCC[C@@H]2CN)cn1. The normalized spacial score (nSPS) is 28.2. The molecule has 0 radical (unpaired) electrons. The lowest BCUT2D eigenvalue weighted by molar-refractivity contribution is 0.0924. The molecule has 0 aromatic carbocycles. The highest BCUT2D eigenvalue weighted by molar-refractivity contribution is 5.11. The molecule has 1 aromatic heterocycles. The lowest BCUT2D eigenvalue weighted by Gasteiger charge is -2.14. The molecule has 0 saturated carbocycles. The fraction of sp³-hybridized carbons (Fsp3) is 0.667. The minimum absolute atomic E-state index is 0.165. The van der Waals surface area contributed by atoms with Gasteiger partial charge in [0.2, 0.25) is 0 Å². The van der Waals surface area contributed by atoms with Crippen LogP contribution in [-0.4, -0.2) is 22.9 Å². The van der Waals surface area contributed by atoms with Crippen molar-refractivity contribution in [1.29, 1.82) is 0 Å². The molecule has 0 unspecified atom stereocenters. The van der Waals surface area contributed by atoms with Crippen molar-refractivity contribution in [1.82, 2.24) is 9.78 Å². The Bertz CT molecular complexity index is 284. The average molecular weight is 181 g/mol. The molecule has 2 heterocycles. The fourth-order valence-corrected chi connectivity index (χ4v) is 1.83. The average Bonchev–Trinajstić information content (AvgIpc) is 2.71. The summed E-state index contributed by atoms with van der Waals surface area (Å²) in [5.74, 6) is 0.462. The van der Waals surface area contributed by atoms with E-state index in [1.165, 1.54) is 0 Å². The largest absolute Gasteiger partial charge is 0.373 e. The molecule has 1 aromatic rings. The third-order valence-electron chi connectivity index (χ3n) is 2.57. The van der Waals surface area contributed by atoms with E-state index in [2.05, 4.69) is 5.10 Å². The van der Waals surface area contributed by atoms with Gasteiger partial charge in [-0.3, -0.25) is 4.68 Å². The number of ether oxygens (including phenoxy) is 1. The van der Waals surface area contributed by atoms with Crippen LogP contribution in [0.1, 0.15) is 18.1 Å². The maximum atomic E-state index is 5.66. The summed E-state index contributed by atoms with van der Waals surface area (Å²) in [5, 5.41) is 4.13. The predicted octanol–water partition coefficient (Wildman–Crippen LogP) is 0.456. The Balaban J connectivity index is 2.15. The Hall–Kier alpha value is -0.870. The Morgan fingerprint density at radius 1 is 1.77 bits per heavy atom. The van der Waals surface area contributed by atoms with Crippen LogP contribution < -0.4 is 5.73 Å². The highest BCUT2D eigenvalue weighted by atomic mass is 16.5. The highest BCUT2D eigenvalue weighted by Gasteiger charge is 2.29. The number of aromatic nitrogens is 2. The van der Waals surface area contributed by atoms with Crippen LogP contribution in [0.3, 0.4) is 0 Å². The van der Waals surface area contributed by atoms with Gasteiger partial charge in [-0.1, -0.05) is 0 Å². The van der Waals surface area contributed by atoms with Gasteiger partial charge in [-0.2, -0.15) is 5.10 Å². The summed E-state index contributed by atoms with van der Waals surface area (Å²) < 4.78 is 7.42. The van der Waals surface area contributed by atoms with E-state index in [1.54, 1.807) is 4.68 Å². The summed E-state index contributed by atoms with van der Waals surface area (Å²) >= 11 is 0. The third-order valence-corrected chi connectivity index (χ3v) is 2.57. The molecule has 4 nitrogen and oxygen atoms in total. The van der Waals surface area contributed by atoms with Gasteiger partial charge >= 0.3 is 0 Å². The molecule has 1 aliphatic heterocycles. The van der Waals surface area contributed by atoms with Crippen LogP contribution in [0.15, 0.2) is 12.4 Å². The molecule has 0 amide bonds. The van der Waals surface area contributed by atoms with Crippen LogP contribution in [0.2, 0.25) is 0 Å². The monoisotopic (exact) mass is 181 g/mol. The van der Waals surface area contributed by atoms with Crippen LogP contribution in [0.4, 0.5) is 0 Å². The molecule has 2 rings (SSSR count). The lowest BCUT2D eigenvalue weighted by Crippen LogP contribution is -2.17. The summed E-state index contributed by atoms with van der Waals surface area (Å²) in [6.45, 7) is 1.51. The predicted molar refractivity (Wildman–Crippen MR) is 49.1 cm³/mol. The number of nitrogens with two attached hydrogens (primary N) is 1. The second kappa shape index (κ2) is 3.47. The minimum Gasteiger partial charge on any atom is -0.373 e. The number of nitrogens with zero attached hydrogens (tertiary/aromatic N) is 2. The van der Waals surface area contributed by atoms with Gasteiger partial charge in [0.25, 0.3) is 0 Å². The first-order valence-corrected chi connectivity index (χ1v) is 4.61. The molecular formula is C9H15N3O. The summed E-state index contributed by atoms with van der Waals surface area (Å²) in [6.07, 6.45) is 5.09. The molecular weight excluding hydrogens is 166 g/mol. The van der Waals surface area contributed by atoms with Crippen LogP contribution >= 0.6 is 0 Å². The Kier molecular flexibility index (Phi) is 2.33.